The van der Waals surface area contributed by atoms with Crippen LogP contribution in [0.5, 0.6) is 0 Å². The van der Waals surface area contributed by atoms with Crippen molar-refractivity contribution in [3.8, 4) is 0 Å². The third-order valence-electron chi connectivity index (χ3n) is 2.93. The first-order chi connectivity index (χ1) is 10.1. The molecule has 0 saturated heterocycles. The van der Waals surface area contributed by atoms with E-state index < -0.39 is 11.8 Å². The van der Waals surface area contributed by atoms with Crippen LogP contribution < -0.4 is 10.6 Å². The van der Waals surface area contributed by atoms with Crippen molar-refractivity contribution in [2.24, 2.45) is 0 Å². The number of nitrogens with one attached hydrogen (secondary N) is 2. The molecule has 1 aromatic carbocycles. The quantitative estimate of drug-likeness (QED) is 0.850. The Bertz CT molecular complexity index is 641. The Morgan fingerprint density at radius 3 is 2.76 bits per heavy atom. The lowest BCUT2D eigenvalue weighted by atomic mass is 10.2. The molecule has 2 aromatic rings. The number of anilines is 1. The molecule has 0 aliphatic rings. The second-order valence-corrected chi connectivity index (χ2v) is 5.77. The Morgan fingerprint density at radius 1 is 1.24 bits per heavy atom. The van der Waals surface area contributed by atoms with Crippen molar-refractivity contribution >= 4 is 40.4 Å². The molecule has 0 fully saturated rings. The normalized spacial score (nSPS) is 10.2. The Hall–Kier alpha value is -1.85. The fourth-order valence-corrected chi connectivity index (χ4v) is 2.62. The highest BCUT2D eigenvalue weighted by Crippen LogP contribution is 2.19. The SMILES string of the molecule is Cc1ccc(Cl)cc1NC(=O)C(=O)NCCc1ccsc1. The summed E-state index contributed by atoms with van der Waals surface area (Å²) in [7, 11) is 0. The Morgan fingerprint density at radius 2 is 2.05 bits per heavy atom. The number of carbonyl (C=O) groups excluding carboxylic acids is 2. The van der Waals surface area contributed by atoms with Crippen molar-refractivity contribution in [1.82, 2.24) is 5.32 Å². The average Bonchev–Trinajstić information content (AvgIpc) is 2.96. The number of hydrogen-bond donors (Lipinski definition) is 2. The van der Waals surface area contributed by atoms with Crippen molar-refractivity contribution in [1.29, 1.82) is 0 Å². The van der Waals surface area contributed by atoms with Gasteiger partial charge in [0.1, 0.15) is 0 Å². The average molecular weight is 323 g/mol. The van der Waals surface area contributed by atoms with Crippen LogP contribution in [0.1, 0.15) is 11.1 Å². The lowest BCUT2D eigenvalue weighted by Gasteiger charge is -2.09. The van der Waals surface area contributed by atoms with Crippen LogP contribution in [0, 0.1) is 6.92 Å². The van der Waals surface area contributed by atoms with E-state index in [4.69, 9.17) is 11.6 Å². The van der Waals surface area contributed by atoms with E-state index in [0.29, 0.717) is 23.7 Å². The maximum Gasteiger partial charge on any atom is 0.313 e. The van der Waals surface area contributed by atoms with Crippen LogP contribution in [-0.4, -0.2) is 18.4 Å². The summed E-state index contributed by atoms with van der Waals surface area (Å²) in [5.74, 6) is -1.34. The van der Waals surface area contributed by atoms with Crippen LogP contribution in [0.2, 0.25) is 5.02 Å². The van der Waals surface area contributed by atoms with E-state index in [9.17, 15) is 9.59 Å². The standard InChI is InChI=1S/C15H15ClN2O2S/c1-10-2-3-12(16)8-13(10)18-15(20)14(19)17-6-4-11-5-7-21-9-11/h2-3,5,7-9H,4,6H2,1H3,(H,17,19)(H,18,20). The first-order valence-electron chi connectivity index (χ1n) is 6.42. The van der Waals surface area contributed by atoms with Crippen LogP contribution in [-0.2, 0) is 16.0 Å². The molecule has 110 valence electrons. The number of carbonyl (C=O) groups is 2. The monoisotopic (exact) mass is 322 g/mol. The summed E-state index contributed by atoms with van der Waals surface area (Å²) < 4.78 is 0. The number of halogens is 1. The molecule has 1 aromatic heterocycles. The van der Waals surface area contributed by atoms with Gasteiger partial charge in [0, 0.05) is 17.3 Å². The molecular formula is C15H15ClN2O2S. The second kappa shape index (κ2) is 7.24. The summed E-state index contributed by atoms with van der Waals surface area (Å²) in [6.07, 6.45) is 0.707. The van der Waals surface area contributed by atoms with Crippen LogP contribution in [0.4, 0.5) is 5.69 Å². The molecule has 0 radical (unpaired) electrons. The number of aryl methyl sites for hydroxylation is 1. The largest absolute Gasteiger partial charge is 0.347 e. The topological polar surface area (TPSA) is 58.2 Å². The zero-order valence-corrected chi connectivity index (χ0v) is 13.1. The number of hydrogen-bond acceptors (Lipinski definition) is 3. The summed E-state index contributed by atoms with van der Waals surface area (Å²) in [6, 6.07) is 7.12. The fourth-order valence-electron chi connectivity index (χ4n) is 1.74. The minimum absolute atomic E-state index is 0.428. The van der Waals surface area contributed by atoms with E-state index in [2.05, 4.69) is 10.6 Å². The van der Waals surface area contributed by atoms with Gasteiger partial charge in [-0.2, -0.15) is 11.3 Å². The molecule has 1 heterocycles. The van der Waals surface area contributed by atoms with Crippen molar-refractivity contribution in [2.45, 2.75) is 13.3 Å². The number of benzene rings is 1. The molecule has 0 spiro atoms. The van der Waals surface area contributed by atoms with E-state index in [1.54, 1.807) is 29.5 Å². The van der Waals surface area contributed by atoms with Crippen molar-refractivity contribution in [2.75, 3.05) is 11.9 Å². The number of rotatable bonds is 4. The number of amides is 2. The molecule has 2 N–H and O–H groups in total. The summed E-state index contributed by atoms with van der Waals surface area (Å²) in [4.78, 5) is 23.5. The van der Waals surface area contributed by atoms with Gasteiger partial charge in [-0.3, -0.25) is 9.59 Å². The second-order valence-electron chi connectivity index (χ2n) is 4.55. The van der Waals surface area contributed by atoms with Gasteiger partial charge in [-0.15, -0.1) is 0 Å². The predicted molar refractivity (Wildman–Crippen MR) is 85.9 cm³/mol. The van der Waals surface area contributed by atoms with Gasteiger partial charge in [-0.05, 0) is 53.4 Å². The van der Waals surface area contributed by atoms with Gasteiger partial charge in [0.2, 0.25) is 0 Å². The van der Waals surface area contributed by atoms with Crippen molar-refractivity contribution in [3.63, 3.8) is 0 Å². The predicted octanol–water partition coefficient (Wildman–Crippen LogP) is 3.01. The van der Waals surface area contributed by atoms with Crippen LogP contribution in [0.25, 0.3) is 0 Å². The third kappa shape index (κ3) is 4.58. The van der Waals surface area contributed by atoms with E-state index in [1.807, 2.05) is 23.8 Å². The van der Waals surface area contributed by atoms with E-state index in [1.165, 1.54) is 0 Å². The number of thiophene rings is 1. The molecule has 0 aliphatic heterocycles. The van der Waals surface area contributed by atoms with Crippen molar-refractivity contribution < 1.29 is 9.59 Å². The maximum absolute atomic E-state index is 11.8. The lowest BCUT2D eigenvalue weighted by molar-refractivity contribution is -0.136. The highest BCUT2D eigenvalue weighted by atomic mass is 35.5. The van der Waals surface area contributed by atoms with Gasteiger partial charge in [0.15, 0.2) is 0 Å². The Balaban J connectivity index is 1.84. The van der Waals surface area contributed by atoms with Gasteiger partial charge in [0.25, 0.3) is 0 Å². The molecule has 0 unspecified atom stereocenters. The first-order valence-corrected chi connectivity index (χ1v) is 7.75. The minimum atomic E-state index is -0.689. The zero-order chi connectivity index (χ0) is 15.2. The molecule has 0 saturated carbocycles. The molecule has 6 heteroatoms. The highest BCUT2D eigenvalue weighted by molar-refractivity contribution is 7.07. The van der Waals surface area contributed by atoms with Gasteiger partial charge >= 0.3 is 11.8 Å². The molecule has 0 aliphatic carbocycles. The van der Waals surface area contributed by atoms with Crippen molar-refractivity contribution in [3.05, 3.63) is 51.2 Å². The fraction of sp³-hybridized carbons (Fsp3) is 0.200. The van der Waals surface area contributed by atoms with Gasteiger partial charge in [-0.1, -0.05) is 17.7 Å². The van der Waals surface area contributed by atoms with Gasteiger partial charge in [0.05, 0.1) is 0 Å². The summed E-state index contributed by atoms with van der Waals surface area (Å²) in [5, 5.41) is 9.66. The molecule has 4 nitrogen and oxygen atoms in total. The molecule has 0 bridgehead atoms. The van der Waals surface area contributed by atoms with E-state index in [0.717, 1.165) is 11.1 Å². The molecule has 2 amide bonds. The summed E-state index contributed by atoms with van der Waals surface area (Å²) >= 11 is 7.47. The third-order valence-corrected chi connectivity index (χ3v) is 3.90. The molecular weight excluding hydrogens is 308 g/mol. The van der Waals surface area contributed by atoms with Gasteiger partial charge in [-0.25, -0.2) is 0 Å². The van der Waals surface area contributed by atoms with E-state index in [-0.39, 0.29) is 0 Å². The smallest absolute Gasteiger partial charge is 0.313 e. The van der Waals surface area contributed by atoms with Crippen LogP contribution in [0.15, 0.2) is 35.0 Å². The maximum atomic E-state index is 11.8. The summed E-state index contributed by atoms with van der Waals surface area (Å²) in [5.41, 5.74) is 2.53. The van der Waals surface area contributed by atoms with Gasteiger partial charge < -0.3 is 10.6 Å². The van der Waals surface area contributed by atoms with E-state index >= 15 is 0 Å². The highest BCUT2D eigenvalue weighted by Gasteiger charge is 2.14. The zero-order valence-electron chi connectivity index (χ0n) is 11.5. The van der Waals surface area contributed by atoms with Crippen LogP contribution in [0.3, 0.4) is 0 Å². The Kier molecular flexibility index (Phi) is 5.36. The first kappa shape index (κ1) is 15.5. The minimum Gasteiger partial charge on any atom is -0.347 e. The molecule has 2 rings (SSSR count). The Labute approximate surface area is 132 Å². The molecule has 21 heavy (non-hydrogen) atoms. The lowest BCUT2D eigenvalue weighted by Crippen LogP contribution is -2.36. The van der Waals surface area contributed by atoms with Crippen LogP contribution >= 0.6 is 22.9 Å². The molecule has 0 atom stereocenters. The summed E-state index contributed by atoms with van der Waals surface area (Å²) in [6.45, 7) is 2.26.